The van der Waals surface area contributed by atoms with E-state index in [9.17, 15) is 8.42 Å². The smallest absolute Gasteiger partial charge is 0.211 e. The Balaban J connectivity index is 1.24. The van der Waals surface area contributed by atoms with E-state index in [2.05, 4.69) is 26.9 Å². The van der Waals surface area contributed by atoms with E-state index in [1.165, 1.54) is 16.1 Å². The van der Waals surface area contributed by atoms with Gasteiger partial charge in [-0.15, -0.1) is 0 Å². The highest BCUT2D eigenvalue weighted by Gasteiger charge is 2.35. The molecule has 182 valence electrons. The normalized spacial score (nSPS) is 21.3. The lowest BCUT2D eigenvalue weighted by Crippen LogP contribution is -2.60. The SMILES string of the molecule is CS(=O)(=O)N(CCOc1ccc(C#N)cc1)CCN1CC2CN(Cc3cccnc3)CC(C1)O2. The molecule has 2 fully saturated rings. The quantitative estimate of drug-likeness (QED) is 0.495. The number of nitriles is 1. The first-order chi connectivity index (χ1) is 16.4. The van der Waals surface area contributed by atoms with Crippen molar-refractivity contribution < 1.29 is 17.9 Å². The molecule has 10 heteroatoms. The standard InChI is InChI=1S/C24H31N5O4S/c1-34(30,31)29(11-12-32-22-6-4-20(13-25)5-7-22)10-9-27-16-23-18-28(19-24(17-27)33-23)15-21-3-2-8-26-14-21/h2-8,14,23-24H,9-12,15-19H2,1H3. The predicted octanol–water partition coefficient (Wildman–Crippen LogP) is 1.18. The van der Waals surface area contributed by atoms with E-state index in [-0.39, 0.29) is 25.4 Å². The first-order valence-electron chi connectivity index (χ1n) is 11.5. The number of nitrogens with zero attached hydrogens (tertiary/aromatic N) is 5. The molecule has 2 bridgehead atoms. The molecule has 34 heavy (non-hydrogen) atoms. The Bertz CT molecular complexity index is 1060. The van der Waals surface area contributed by atoms with Crippen LogP contribution in [0.4, 0.5) is 0 Å². The van der Waals surface area contributed by atoms with Crippen molar-refractivity contribution in [2.45, 2.75) is 18.8 Å². The second kappa shape index (κ2) is 11.3. The summed E-state index contributed by atoms with van der Waals surface area (Å²) in [6.45, 7) is 5.75. The molecule has 2 atom stereocenters. The van der Waals surface area contributed by atoms with E-state index < -0.39 is 10.0 Å². The summed E-state index contributed by atoms with van der Waals surface area (Å²) in [5.41, 5.74) is 1.76. The van der Waals surface area contributed by atoms with Crippen molar-refractivity contribution in [2.75, 3.05) is 58.7 Å². The van der Waals surface area contributed by atoms with Gasteiger partial charge in [-0.3, -0.25) is 14.8 Å². The fourth-order valence-electron chi connectivity index (χ4n) is 4.51. The zero-order valence-electron chi connectivity index (χ0n) is 19.4. The van der Waals surface area contributed by atoms with Crippen LogP contribution >= 0.6 is 0 Å². The predicted molar refractivity (Wildman–Crippen MR) is 128 cm³/mol. The van der Waals surface area contributed by atoms with Crippen LogP contribution in [-0.4, -0.2) is 98.4 Å². The van der Waals surface area contributed by atoms with Gasteiger partial charge in [0.1, 0.15) is 12.4 Å². The van der Waals surface area contributed by atoms with Gasteiger partial charge in [-0.25, -0.2) is 8.42 Å². The molecule has 2 aliphatic heterocycles. The van der Waals surface area contributed by atoms with Gasteiger partial charge in [-0.1, -0.05) is 6.07 Å². The molecule has 0 N–H and O–H groups in total. The number of ether oxygens (including phenoxy) is 2. The summed E-state index contributed by atoms with van der Waals surface area (Å²) in [5.74, 6) is 0.615. The third kappa shape index (κ3) is 6.98. The third-order valence-corrected chi connectivity index (χ3v) is 7.39. The molecule has 0 aliphatic carbocycles. The fourth-order valence-corrected chi connectivity index (χ4v) is 5.33. The maximum Gasteiger partial charge on any atom is 0.211 e. The molecule has 3 heterocycles. The Hall–Kier alpha value is -2.55. The summed E-state index contributed by atoms with van der Waals surface area (Å²) in [7, 11) is -3.35. The summed E-state index contributed by atoms with van der Waals surface area (Å²) < 4.78 is 38.0. The molecule has 2 aromatic rings. The number of sulfonamides is 1. The molecular weight excluding hydrogens is 454 g/mol. The van der Waals surface area contributed by atoms with Crippen molar-refractivity contribution in [3.05, 3.63) is 59.9 Å². The minimum absolute atomic E-state index is 0.121. The summed E-state index contributed by atoms with van der Waals surface area (Å²) in [6, 6.07) is 12.9. The van der Waals surface area contributed by atoms with Gasteiger partial charge in [-0.05, 0) is 35.9 Å². The van der Waals surface area contributed by atoms with E-state index in [0.29, 0.717) is 24.4 Å². The first-order valence-corrected chi connectivity index (χ1v) is 13.3. The molecule has 0 amide bonds. The minimum Gasteiger partial charge on any atom is -0.492 e. The monoisotopic (exact) mass is 485 g/mol. The van der Waals surface area contributed by atoms with Crippen LogP contribution in [0, 0.1) is 11.3 Å². The van der Waals surface area contributed by atoms with Crippen molar-refractivity contribution in [1.29, 1.82) is 5.26 Å². The van der Waals surface area contributed by atoms with E-state index in [0.717, 1.165) is 32.7 Å². The topological polar surface area (TPSA) is 99.0 Å². The molecule has 0 radical (unpaired) electrons. The molecule has 1 aromatic carbocycles. The van der Waals surface area contributed by atoms with Gasteiger partial charge in [0.15, 0.2) is 0 Å². The van der Waals surface area contributed by atoms with Gasteiger partial charge in [0.25, 0.3) is 0 Å². The Morgan fingerprint density at radius 1 is 1.12 bits per heavy atom. The second-order valence-corrected chi connectivity index (χ2v) is 10.8. The van der Waals surface area contributed by atoms with Crippen LogP contribution < -0.4 is 4.74 Å². The lowest BCUT2D eigenvalue weighted by molar-refractivity contribution is -0.140. The Labute approximate surface area is 201 Å². The number of rotatable bonds is 10. The maximum atomic E-state index is 12.3. The maximum absolute atomic E-state index is 12.3. The summed E-state index contributed by atoms with van der Waals surface area (Å²) >= 11 is 0. The second-order valence-electron chi connectivity index (χ2n) is 8.84. The molecular formula is C24H31N5O4S. The van der Waals surface area contributed by atoms with E-state index in [1.54, 1.807) is 30.5 Å². The first kappa shape index (κ1) is 24.6. The van der Waals surface area contributed by atoms with Crippen LogP contribution in [0.1, 0.15) is 11.1 Å². The Morgan fingerprint density at radius 3 is 2.44 bits per heavy atom. The van der Waals surface area contributed by atoms with Gasteiger partial charge in [0.05, 0.1) is 30.1 Å². The molecule has 2 unspecified atom stereocenters. The van der Waals surface area contributed by atoms with Crippen molar-refractivity contribution >= 4 is 10.0 Å². The average Bonchev–Trinajstić information content (AvgIpc) is 2.81. The van der Waals surface area contributed by atoms with Gasteiger partial charge in [0, 0.05) is 64.8 Å². The molecule has 4 rings (SSSR count). The van der Waals surface area contributed by atoms with Crippen LogP contribution in [0.2, 0.25) is 0 Å². The molecule has 9 nitrogen and oxygen atoms in total. The minimum atomic E-state index is -3.35. The summed E-state index contributed by atoms with van der Waals surface area (Å²) in [6.07, 6.45) is 5.17. The highest BCUT2D eigenvalue weighted by molar-refractivity contribution is 7.88. The van der Waals surface area contributed by atoms with Crippen molar-refractivity contribution in [3.63, 3.8) is 0 Å². The zero-order chi connectivity index (χ0) is 24.0. The molecule has 0 saturated carbocycles. The van der Waals surface area contributed by atoms with Gasteiger partial charge in [0.2, 0.25) is 10.0 Å². The molecule has 0 spiro atoms. The number of hydrogen-bond donors (Lipinski definition) is 0. The van der Waals surface area contributed by atoms with Crippen LogP contribution in [-0.2, 0) is 21.3 Å². The number of hydrogen-bond acceptors (Lipinski definition) is 8. The molecule has 2 aliphatic rings. The summed E-state index contributed by atoms with van der Waals surface area (Å²) in [5, 5.41) is 8.88. The summed E-state index contributed by atoms with van der Waals surface area (Å²) in [4.78, 5) is 8.92. The zero-order valence-corrected chi connectivity index (χ0v) is 20.2. The number of benzene rings is 1. The van der Waals surface area contributed by atoms with Gasteiger partial charge >= 0.3 is 0 Å². The van der Waals surface area contributed by atoms with E-state index in [4.69, 9.17) is 14.7 Å². The van der Waals surface area contributed by atoms with Crippen molar-refractivity contribution in [3.8, 4) is 11.8 Å². The number of fused-ring (bicyclic) bond motifs is 2. The number of pyridine rings is 1. The van der Waals surface area contributed by atoms with Gasteiger partial charge < -0.3 is 9.47 Å². The lowest BCUT2D eigenvalue weighted by atomic mass is 10.1. The largest absolute Gasteiger partial charge is 0.492 e. The highest BCUT2D eigenvalue weighted by Crippen LogP contribution is 2.21. The Morgan fingerprint density at radius 2 is 1.82 bits per heavy atom. The number of aromatic nitrogens is 1. The average molecular weight is 486 g/mol. The van der Waals surface area contributed by atoms with Crippen LogP contribution in [0.3, 0.4) is 0 Å². The van der Waals surface area contributed by atoms with Crippen LogP contribution in [0.25, 0.3) is 0 Å². The molecule has 1 aromatic heterocycles. The van der Waals surface area contributed by atoms with E-state index >= 15 is 0 Å². The van der Waals surface area contributed by atoms with Crippen LogP contribution in [0.5, 0.6) is 5.75 Å². The lowest BCUT2D eigenvalue weighted by Gasteiger charge is -2.46. The molecule has 2 saturated heterocycles. The highest BCUT2D eigenvalue weighted by atomic mass is 32.2. The third-order valence-electron chi connectivity index (χ3n) is 6.09. The van der Waals surface area contributed by atoms with Gasteiger partial charge in [-0.2, -0.15) is 9.57 Å². The van der Waals surface area contributed by atoms with E-state index in [1.807, 2.05) is 12.3 Å². The van der Waals surface area contributed by atoms with Crippen molar-refractivity contribution in [2.24, 2.45) is 0 Å². The van der Waals surface area contributed by atoms with Crippen LogP contribution in [0.15, 0.2) is 48.8 Å². The van der Waals surface area contributed by atoms with Crippen molar-refractivity contribution in [1.82, 2.24) is 19.1 Å². The fraction of sp³-hybridized carbons (Fsp3) is 0.500. The number of morpholine rings is 2. The Kier molecular flexibility index (Phi) is 8.13.